The summed E-state index contributed by atoms with van der Waals surface area (Å²) in [5.74, 6) is 1.48. The molecule has 174 valence electrons. The van der Waals surface area contributed by atoms with Crippen LogP contribution in [0.3, 0.4) is 0 Å². The van der Waals surface area contributed by atoms with Crippen LogP contribution in [-0.4, -0.2) is 28.2 Å². The fraction of sp³-hybridized carbons (Fsp3) is 0.750. The average molecular weight is 429 g/mol. The Kier molecular flexibility index (Phi) is 7.69. The van der Waals surface area contributed by atoms with E-state index in [0.29, 0.717) is 43.3 Å². The summed E-state index contributed by atoms with van der Waals surface area (Å²) in [6.07, 6.45) is 15.6. The summed E-state index contributed by atoms with van der Waals surface area (Å²) in [6.45, 7) is 10.9. The lowest BCUT2D eigenvalue weighted by atomic mass is 9.62. The van der Waals surface area contributed by atoms with Gasteiger partial charge in [-0.1, -0.05) is 69.6 Å². The molecule has 0 aliphatic heterocycles. The second kappa shape index (κ2) is 9.75. The van der Waals surface area contributed by atoms with E-state index >= 15 is 0 Å². The first-order valence-electron chi connectivity index (χ1n) is 12.5. The number of carbonyl (C=O) groups excluding carboxylic acids is 1. The van der Waals surface area contributed by atoms with Gasteiger partial charge in [0, 0.05) is 11.8 Å². The van der Waals surface area contributed by atoms with Gasteiger partial charge in [-0.3, -0.25) is 4.79 Å². The van der Waals surface area contributed by atoms with E-state index < -0.39 is 12.2 Å². The van der Waals surface area contributed by atoms with Crippen LogP contribution in [0.1, 0.15) is 98.8 Å². The molecular weight excluding hydrogens is 384 g/mol. The van der Waals surface area contributed by atoms with E-state index in [1.54, 1.807) is 5.57 Å². The molecule has 3 heteroatoms. The Balaban J connectivity index is 1.64. The minimum absolute atomic E-state index is 0.227. The lowest BCUT2D eigenvalue weighted by Crippen LogP contribution is -2.32. The number of hydrogen-bond donors (Lipinski definition) is 2. The van der Waals surface area contributed by atoms with E-state index in [2.05, 4.69) is 32.1 Å². The molecule has 0 aromatic heterocycles. The van der Waals surface area contributed by atoms with E-state index in [1.165, 1.54) is 24.0 Å². The van der Waals surface area contributed by atoms with Crippen LogP contribution in [0.15, 0.2) is 34.9 Å². The normalized spacial score (nSPS) is 33.8. The summed E-state index contributed by atoms with van der Waals surface area (Å²) in [5.41, 5.74) is 4.34. The van der Waals surface area contributed by atoms with E-state index in [4.69, 9.17) is 0 Å². The van der Waals surface area contributed by atoms with Crippen molar-refractivity contribution in [2.45, 2.75) is 111 Å². The predicted octanol–water partition coefficient (Wildman–Crippen LogP) is 6.30. The van der Waals surface area contributed by atoms with Gasteiger partial charge in [0.1, 0.15) is 5.78 Å². The van der Waals surface area contributed by atoms with E-state index in [9.17, 15) is 15.0 Å². The second-order valence-electron chi connectivity index (χ2n) is 11.7. The van der Waals surface area contributed by atoms with Crippen LogP contribution in [0, 0.1) is 22.7 Å². The Morgan fingerprint density at radius 2 is 1.90 bits per heavy atom. The highest BCUT2D eigenvalue weighted by Crippen LogP contribution is 2.57. The molecule has 3 rings (SSSR count). The molecule has 2 N–H and O–H groups in total. The summed E-state index contributed by atoms with van der Waals surface area (Å²) in [6, 6.07) is 0. The summed E-state index contributed by atoms with van der Waals surface area (Å²) in [7, 11) is 0. The molecule has 0 aromatic rings. The molecule has 5 atom stereocenters. The van der Waals surface area contributed by atoms with Gasteiger partial charge in [0.05, 0.1) is 12.2 Å². The Morgan fingerprint density at radius 3 is 2.55 bits per heavy atom. The Bertz CT molecular complexity index is 739. The zero-order chi connectivity index (χ0) is 22.8. The van der Waals surface area contributed by atoms with Crippen molar-refractivity contribution in [1.29, 1.82) is 0 Å². The van der Waals surface area contributed by atoms with Crippen LogP contribution >= 0.6 is 0 Å². The number of allylic oxidation sites excluding steroid dienone is 5. The molecule has 0 amide bonds. The van der Waals surface area contributed by atoms with Crippen LogP contribution in [-0.2, 0) is 4.79 Å². The van der Waals surface area contributed by atoms with Gasteiger partial charge in [-0.15, -0.1) is 0 Å². The van der Waals surface area contributed by atoms with Crippen molar-refractivity contribution in [3.05, 3.63) is 34.9 Å². The monoisotopic (exact) mass is 428 g/mol. The second-order valence-corrected chi connectivity index (χ2v) is 11.7. The van der Waals surface area contributed by atoms with Crippen molar-refractivity contribution >= 4 is 5.78 Å². The topological polar surface area (TPSA) is 57.5 Å². The number of ketones is 1. The third-order valence-electron chi connectivity index (χ3n) is 8.09. The maximum Gasteiger partial charge on any atom is 0.138 e. The zero-order valence-corrected chi connectivity index (χ0v) is 20.4. The summed E-state index contributed by atoms with van der Waals surface area (Å²) in [5, 5.41) is 19.9. The standard InChI is InChI=1S/C28H44O3/c1-19(8-6-10-26(31)27(2,3)4)24-13-14-25-21(9-7-15-28(24,25)5)12-11-20-16-22(29)18-23(30)17-20/h11-13,19,22-23,25,29-30H,6-10,14-18H2,1-5H3/b21-12+/t19-,22-,23-,25+,28-/m1/s1. The Hall–Kier alpha value is -1.19. The quantitative estimate of drug-likeness (QED) is 0.488. The van der Waals surface area contributed by atoms with Crippen LogP contribution in [0.2, 0.25) is 0 Å². The highest BCUT2D eigenvalue weighted by molar-refractivity contribution is 5.83. The molecule has 0 saturated heterocycles. The van der Waals surface area contributed by atoms with Crippen molar-refractivity contribution in [3.63, 3.8) is 0 Å². The van der Waals surface area contributed by atoms with Gasteiger partial charge >= 0.3 is 0 Å². The molecule has 3 aliphatic carbocycles. The molecule has 0 spiro atoms. The van der Waals surface area contributed by atoms with Crippen molar-refractivity contribution in [3.8, 4) is 0 Å². The molecular formula is C28H44O3. The number of aliphatic hydroxyl groups excluding tert-OH is 2. The molecule has 0 bridgehead atoms. The maximum atomic E-state index is 12.3. The minimum Gasteiger partial charge on any atom is -0.393 e. The number of aliphatic hydroxyl groups is 2. The lowest BCUT2D eigenvalue weighted by molar-refractivity contribution is -0.126. The van der Waals surface area contributed by atoms with Crippen molar-refractivity contribution < 1.29 is 15.0 Å². The molecule has 0 unspecified atom stereocenters. The molecule has 2 saturated carbocycles. The van der Waals surface area contributed by atoms with Gasteiger partial charge < -0.3 is 10.2 Å². The van der Waals surface area contributed by atoms with E-state index in [1.807, 2.05) is 20.8 Å². The first kappa shape index (κ1) is 24.5. The van der Waals surface area contributed by atoms with Gasteiger partial charge in [0.25, 0.3) is 0 Å². The smallest absolute Gasteiger partial charge is 0.138 e. The average Bonchev–Trinajstić information content (AvgIpc) is 3.02. The number of hydrogen-bond acceptors (Lipinski definition) is 3. The highest BCUT2D eigenvalue weighted by atomic mass is 16.3. The fourth-order valence-corrected chi connectivity index (χ4v) is 6.25. The van der Waals surface area contributed by atoms with Gasteiger partial charge in [-0.05, 0) is 75.0 Å². The highest BCUT2D eigenvalue weighted by Gasteiger charge is 2.45. The molecule has 0 radical (unpaired) electrons. The van der Waals surface area contributed by atoms with Crippen LogP contribution < -0.4 is 0 Å². The van der Waals surface area contributed by atoms with Crippen LogP contribution in [0.4, 0.5) is 0 Å². The van der Waals surface area contributed by atoms with E-state index in [0.717, 1.165) is 25.7 Å². The summed E-state index contributed by atoms with van der Waals surface area (Å²) < 4.78 is 0. The van der Waals surface area contributed by atoms with Gasteiger partial charge in [-0.25, -0.2) is 0 Å². The largest absolute Gasteiger partial charge is 0.393 e. The molecule has 31 heavy (non-hydrogen) atoms. The van der Waals surface area contributed by atoms with E-state index in [-0.39, 0.29) is 10.8 Å². The Labute approximate surface area is 189 Å². The summed E-state index contributed by atoms with van der Waals surface area (Å²) in [4.78, 5) is 12.3. The van der Waals surface area contributed by atoms with Crippen molar-refractivity contribution in [2.75, 3.05) is 0 Å². The minimum atomic E-state index is -0.407. The predicted molar refractivity (Wildman–Crippen MR) is 128 cm³/mol. The van der Waals surface area contributed by atoms with Gasteiger partial charge in [-0.2, -0.15) is 0 Å². The fourth-order valence-electron chi connectivity index (χ4n) is 6.25. The molecule has 0 aromatic carbocycles. The number of carbonyl (C=O) groups is 1. The summed E-state index contributed by atoms with van der Waals surface area (Å²) >= 11 is 0. The lowest BCUT2D eigenvalue weighted by Gasteiger charge is -2.42. The van der Waals surface area contributed by atoms with Crippen LogP contribution in [0.5, 0.6) is 0 Å². The maximum absolute atomic E-state index is 12.3. The Morgan fingerprint density at radius 1 is 1.23 bits per heavy atom. The van der Waals surface area contributed by atoms with Crippen molar-refractivity contribution in [1.82, 2.24) is 0 Å². The number of Topliss-reactive ketones (excluding diaryl/α,β-unsaturated/α-hetero) is 1. The molecule has 0 heterocycles. The molecule has 3 nitrogen and oxygen atoms in total. The van der Waals surface area contributed by atoms with Crippen molar-refractivity contribution in [2.24, 2.45) is 22.7 Å². The van der Waals surface area contributed by atoms with Gasteiger partial charge in [0.2, 0.25) is 0 Å². The van der Waals surface area contributed by atoms with Crippen LogP contribution in [0.25, 0.3) is 0 Å². The van der Waals surface area contributed by atoms with Gasteiger partial charge in [0.15, 0.2) is 0 Å². The SMILES string of the molecule is C[C@H](CCCC(=O)C(C)(C)C)C1=CC[C@H]2/C(=C/C=C3C[C@@H](O)C[C@H](O)C3)CCC[C@]12C. The third-order valence-corrected chi connectivity index (χ3v) is 8.09. The number of rotatable bonds is 6. The first-order chi connectivity index (χ1) is 14.5. The first-order valence-corrected chi connectivity index (χ1v) is 12.5. The molecule has 2 fully saturated rings. The third kappa shape index (κ3) is 5.79. The number of fused-ring (bicyclic) bond motifs is 1. The zero-order valence-electron chi connectivity index (χ0n) is 20.4. The molecule has 3 aliphatic rings.